The van der Waals surface area contributed by atoms with Gasteiger partial charge in [0.15, 0.2) is 0 Å². The van der Waals surface area contributed by atoms with Gasteiger partial charge < -0.3 is 9.88 Å². The SMILES string of the molecule is CN(C)Cc1cncc(-c2ccc3[nH]nc(-c4cc5c(-c6cc(F)cc(CCS(C)(=O)=O)c6)cccc5[nH]4)c3n2)c1. The van der Waals surface area contributed by atoms with Gasteiger partial charge in [-0.2, -0.15) is 5.10 Å². The lowest BCUT2D eigenvalue weighted by Gasteiger charge is -2.10. The summed E-state index contributed by atoms with van der Waals surface area (Å²) in [6.45, 7) is 0.780. The molecule has 0 aliphatic rings. The number of aromatic amines is 2. The molecule has 0 atom stereocenters. The highest BCUT2D eigenvalue weighted by Crippen LogP contribution is 2.35. The second kappa shape index (κ2) is 10.5. The third kappa shape index (κ3) is 5.75. The molecule has 41 heavy (non-hydrogen) atoms. The zero-order chi connectivity index (χ0) is 28.7. The van der Waals surface area contributed by atoms with Crippen LogP contribution >= 0.6 is 0 Å². The van der Waals surface area contributed by atoms with E-state index in [4.69, 9.17) is 4.98 Å². The van der Waals surface area contributed by atoms with E-state index in [2.05, 4.69) is 31.1 Å². The summed E-state index contributed by atoms with van der Waals surface area (Å²) in [4.78, 5) is 14.9. The summed E-state index contributed by atoms with van der Waals surface area (Å²) >= 11 is 0. The highest BCUT2D eigenvalue weighted by atomic mass is 32.2. The molecule has 208 valence electrons. The zero-order valence-corrected chi connectivity index (χ0v) is 23.8. The lowest BCUT2D eigenvalue weighted by Crippen LogP contribution is -2.10. The van der Waals surface area contributed by atoms with Gasteiger partial charge in [0.1, 0.15) is 26.9 Å². The number of H-pyrrole nitrogens is 2. The Morgan fingerprint density at radius 3 is 2.56 bits per heavy atom. The van der Waals surface area contributed by atoms with Crippen molar-refractivity contribution in [3.8, 4) is 33.8 Å². The maximum atomic E-state index is 14.6. The van der Waals surface area contributed by atoms with Gasteiger partial charge >= 0.3 is 0 Å². The van der Waals surface area contributed by atoms with Gasteiger partial charge in [0.05, 0.1) is 22.7 Å². The number of aromatic nitrogens is 5. The Morgan fingerprint density at radius 1 is 0.927 bits per heavy atom. The van der Waals surface area contributed by atoms with Crippen molar-refractivity contribution < 1.29 is 12.8 Å². The average molecular weight is 569 g/mol. The summed E-state index contributed by atoms with van der Waals surface area (Å²) < 4.78 is 37.9. The van der Waals surface area contributed by atoms with Gasteiger partial charge in [-0.1, -0.05) is 18.2 Å². The number of aryl methyl sites for hydroxylation is 1. The van der Waals surface area contributed by atoms with Crippen LogP contribution in [-0.2, 0) is 22.8 Å². The summed E-state index contributed by atoms with van der Waals surface area (Å²) in [5.41, 5.74) is 8.83. The molecule has 0 fully saturated rings. The number of hydrogen-bond acceptors (Lipinski definition) is 6. The minimum absolute atomic E-state index is 0.0361. The molecular weight excluding hydrogens is 539 g/mol. The van der Waals surface area contributed by atoms with E-state index in [0.717, 1.165) is 56.6 Å². The first-order valence-electron chi connectivity index (χ1n) is 13.2. The normalized spacial score (nSPS) is 12.1. The number of nitrogens with zero attached hydrogens (tertiary/aromatic N) is 4. The van der Waals surface area contributed by atoms with Crippen molar-refractivity contribution in [2.24, 2.45) is 0 Å². The lowest BCUT2D eigenvalue weighted by atomic mass is 9.98. The Morgan fingerprint density at radius 2 is 1.76 bits per heavy atom. The van der Waals surface area contributed by atoms with Crippen molar-refractivity contribution in [2.45, 2.75) is 13.0 Å². The first-order valence-corrected chi connectivity index (χ1v) is 15.2. The van der Waals surface area contributed by atoms with Crippen LogP contribution in [0.1, 0.15) is 11.1 Å². The molecule has 2 N–H and O–H groups in total. The molecule has 4 aromatic heterocycles. The van der Waals surface area contributed by atoms with Gasteiger partial charge in [-0.05, 0) is 85.2 Å². The fraction of sp³-hybridized carbons (Fsp3) is 0.194. The van der Waals surface area contributed by atoms with E-state index in [9.17, 15) is 12.8 Å². The molecular formula is C31H29FN6O2S. The predicted molar refractivity (Wildman–Crippen MR) is 161 cm³/mol. The quantitative estimate of drug-likeness (QED) is 0.247. The molecule has 2 aromatic carbocycles. The molecule has 0 amide bonds. The van der Waals surface area contributed by atoms with Crippen LogP contribution in [0.5, 0.6) is 0 Å². The first-order chi connectivity index (χ1) is 19.6. The number of pyridine rings is 2. The van der Waals surface area contributed by atoms with Crippen molar-refractivity contribution in [3.63, 3.8) is 0 Å². The maximum Gasteiger partial charge on any atom is 0.147 e. The van der Waals surface area contributed by atoms with Crippen molar-refractivity contribution in [3.05, 3.63) is 90.0 Å². The van der Waals surface area contributed by atoms with Gasteiger partial charge in [-0.15, -0.1) is 0 Å². The average Bonchev–Trinajstić information content (AvgIpc) is 3.54. The topological polar surface area (TPSA) is 108 Å². The molecule has 0 spiro atoms. The first kappa shape index (κ1) is 26.8. The van der Waals surface area contributed by atoms with Gasteiger partial charge in [0, 0.05) is 41.7 Å². The highest BCUT2D eigenvalue weighted by molar-refractivity contribution is 7.90. The van der Waals surface area contributed by atoms with Gasteiger partial charge in [-0.25, -0.2) is 17.8 Å². The molecule has 0 saturated heterocycles. The maximum absolute atomic E-state index is 14.6. The largest absolute Gasteiger partial charge is 0.353 e. The van der Waals surface area contributed by atoms with Crippen LogP contribution in [0.2, 0.25) is 0 Å². The minimum atomic E-state index is -3.16. The van der Waals surface area contributed by atoms with E-state index in [-0.39, 0.29) is 12.2 Å². The second-order valence-corrected chi connectivity index (χ2v) is 12.9. The molecule has 4 heterocycles. The molecule has 0 saturated carbocycles. The van der Waals surface area contributed by atoms with Crippen LogP contribution in [-0.4, -0.2) is 64.6 Å². The van der Waals surface area contributed by atoms with E-state index >= 15 is 0 Å². The molecule has 8 nitrogen and oxygen atoms in total. The van der Waals surface area contributed by atoms with Crippen molar-refractivity contribution in [2.75, 3.05) is 26.1 Å². The fourth-order valence-electron chi connectivity index (χ4n) is 5.11. The number of benzene rings is 2. The number of hydrogen-bond donors (Lipinski definition) is 2. The van der Waals surface area contributed by atoms with Crippen LogP contribution in [0, 0.1) is 5.82 Å². The number of halogens is 1. The summed E-state index contributed by atoms with van der Waals surface area (Å²) in [6.07, 6.45) is 5.11. The van der Waals surface area contributed by atoms with Crippen LogP contribution in [0.15, 0.2) is 73.1 Å². The minimum Gasteiger partial charge on any atom is -0.353 e. The van der Waals surface area contributed by atoms with Gasteiger partial charge in [0.2, 0.25) is 0 Å². The highest BCUT2D eigenvalue weighted by Gasteiger charge is 2.16. The monoisotopic (exact) mass is 568 g/mol. The molecule has 0 aliphatic heterocycles. The summed E-state index contributed by atoms with van der Waals surface area (Å²) in [5, 5.41) is 8.55. The standard InChI is InChI=1S/C31H29FN6O2S/c1-38(2)18-20-12-22(17-33-16-20)26-7-8-28-30(35-26)31(37-36-28)29-15-25-24(5-4-6-27(25)34-29)21-11-19(13-23(32)14-21)9-10-41(3,39)40/h4-8,11-17,34H,9-10,18H2,1-3H3,(H,36,37). The molecule has 6 rings (SSSR count). The molecule has 0 radical (unpaired) electrons. The number of nitrogens with one attached hydrogen (secondary N) is 2. The smallest absolute Gasteiger partial charge is 0.147 e. The predicted octanol–water partition coefficient (Wildman–Crippen LogP) is 5.62. The lowest BCUT2D eigenvalue weighted by molar-refractivity contribution is 0.402. The third-order valence-electron chi connectivity index (χ3n) is 6.95. The number of rotatable bonds is 8. The second-order valence-electron chi connectivity index (χ2n) is 10.7. The van der Waals surface area contributed by atoms with Crippen molar-refractivity contribution in [1.82, 2.24) is 30.0 Å². The molecule has 0 aliphatic carbocycles. The number of sulfone groups is 1. The van der Waals surface area contributed by atoms with E-state index in [1.165, 1.54) is 18.4 Å². The van der Waals surface area contributed by atoms with Crippen molar-refractivity contribution >= 4 is 31.8 Å². The van der Waals surface area contributed by atoms with Crippen LogP contribution < -0.4 is 0 Å². The summed E-state index contributed by atoms with van der Waals surface area (Å²) in [6, 6.07) is 18.5. The molecule has 10 heteroatoms. The van der Waals surface area contributed by atoms with E-state index < -0.39 is 15.7 Å². The van der Waals surface area contributed by atoms with E-state index in [0.29, 0.717) is 16.8 Å². The third-order valence-corrected chi connectivity index (χ3v) is 7.89. The van der Waals surface area contributed by atoms with E-state index in [1.807, 2.05) is 69.0 Å². The molecule has 6 aromatic rings. The van der Waals surface area contributed by atoms with E-state index in [1.54, 1.807) is 0 Å². The fourth-order valence-corrected chi connectivity index (χ4v) is 5.72. The summed E-state index contributed by atoms with van der Waals surface area (Å²) in [7, 11) is 0.877. The Bertz CT molecular complexity index is 2010. The molecule has 0 bridgehead atoms. The Labute approximate surface area is 237 Å². The van der Waals surface area contributed by atoms with Crippen LogP contribution in [0.25, 0.3) is 55.7 Å². The van der Waals surface area contributed by atoms with Crippen molar-refractivity contribution in [1.29, 1.82) is 0 Å². The Balaban J connectivity index is 1.40. The van der Waals surface area contributed by atoms with Crippen LogP contribution in [0.4, 0.5) is 4.39 Å². The van der Waals surface area contributed by atoms with Gasteiger partial charge in [-0.3, -0.25) is 10.1 Å². The number of fused-ring (bicyclic) bond motifs is 2. The zero-order valence-electron chi connectivity index (χ0n) is 22.9. The van der Waals surface area contributed by atoms with Crippen LogP contribution in [0.3, 0.4) is 0 Å². The Kier molecular flexibility index (Phi) is 6.88. The Hall–Kier alpha value is -4.41. The molecule has 0 unspecified atom stereocenters. The summed E-state index contributed by atoms with van der Waals surface area (Å²) in [5.74, 6) is -0.441. The van der Waals surface area contributed by atoms with Gasteiger partial charge in [0.25, 0.3) is 0 Å².